The van der Waals surface area contributed by atoms with Crippen molar-refractivity contribution >= 4 is 34.8 Å². The second-order valence-corrected chi connectivity index (χ2v) is 5.42. The summed E-state index contributed by atoms with van der Waals surface area (Å²) < 4.78 is 13.3. The van der Waals surface area contributed by atoms with E-state index in [0.29, 0.717) is 28.4 Å². The first kappa shape index (κ1) is 17.0. The molecule has 0 fully saturated rings. The summed E-state index contributed by atoms with van der Waals surface area (Å²) in [4.78, 5) is 23.7. The Hall–Kier alpha value is -2.40. The second-order valence-electron chi connectivity index (χ2n) is 5.01. The average Bonchev–Trinajstić information content (AvgIpc) is 2.52. The van der Waals surface area contributed by atoms with E-state index in [9.17, 15) is 14.0 Å². The summed E-state index contributed by atoms with van der Waals surface area (Å²) in [7, 11) is 0. The molecule has 0 unspecified atom stereocenters. The van der Waals surface area contributed by atoms with Crippen LogP contribution in [0.2, 0.25) is 5.02 Å². The topological polar surface area (TPSA) is 58.2 Å². The molecule has 0 aliphatic heterocycles. The van der Waals surface area contributed by atoms with Gasteiger partial charge in [-0.15, -0.1) is 0 Å². The highest BCUT2D eigenvalue weighted by molar-refractivity contribution is 6.34. The summed E-state index contributed by atoms with van der Waals surface area (Å²) in [6.45, 7) is 3.45. The van der Waals surface area contributed by atoms with Crippen LogP contribution in [-0.2, 0) is 4.79 Å². The van der Waals surface area contributed by atoms with E-state index in [1.165, 1.54) is 18.2 Å². The molecule has 4 nitrogen and oxygen atoms in total. The Morgan fingerprint density at radius 2 is 1.87 bits per heavy atom. The van der Waals surface area contributed by atoms with Gasteiger partial charge in [0.2, 0.25) is 5.91 Å². The van der Waals surface area contributed by atoms with Gasteiger partial charge in [0.05, 0.1) is 10.7 Å². The molecule has 2 aromatic rings. The van der Waals surface area contributed by atoms with E-state index >= 15 is 0 Å². The minimum Gasteiger partial charge on any atom is -0.326 e. The molecule has 0 atom stereocenters. The monoisotopic (exact) mass is 334 g/mol. The Balaban J connectivity index is 2.25. The van der Waals surface area contributed by atoms with E-state index < -0.39 is 11.7 Å². The Morgan fingerprint density at radius 1 is 1.13 bits per heavy atom. The molecule has 2 amide bonds. The molecule has 0 saturated carbocycles. The quantitative estimate of drug-likeness (QED) is 0.871. The number of carbonyl (C=O) groups excluding carboxylic acids is 2. The highest BCUT2D eigenvalue weighted by Crippen LogP contribution is 2.26. The van der Waals surface area contributed by atoms with E-state index in [4.69, 9.17) is 11.6 Å². The summed E-state index contributed by atoms with van der Waals surface area (Å²) in [6, 6.07) is 8.76. The van der Waals surface area contributed by atoms with E-state index in [1.54, 1.807) is 32.0 Å². The van der Waals surface area contributed by atoms with E-state index in [-0.39, 0.29) is 11.5 Å². The second kappa shape index (κ2) is 7.24. The lowest BCUT2D eigenvalue weighted by atomic mass is 10.1. The van der Waals surface area contributed by atoms with Crippen molar-refractivity contribution in [2.75, 3.05) is 10.6 Å². The highest BCUT2D eigenvalue weighted by Gasteiger charge is 2.13. The van der Waals surface area contributed by atoms with E-state index in [1.807, 2.05) is 0 Å². The van der Waals surface area contributed by atoms with Crippen LogP contribution >= 0.6 is 11.6 Å². The molecule has 0 radical (unpaired) electrons. The van der Waals surface area contributed by atoms with Crippen molar-refractivity contribution in [3.63, 3.8) is 0 Å². The van der Waals surface area contributed by atoms with Gasteiger partial charge >= 0.3 is 0 Å². The molecule has 23 heavy (non-hydrogen) atoms. The fraction of sp³-hybridized carbons (Fsp3) is 0.176. The molecule has 120 valence electrons. The van der Waals surface area contributed by atoms with Gasteiger partial charge < -0.3 is 10.6 Å². The molecular weight excluding hydrogens is 319 g/mol. The fourth-order valence-electron chi connectivity index (χ4n) is 1.98. The molecule has 2 aromatic carbocycles. The van der Waals surface area contributed by atoms with Crippen molar-refractivity contribution in [1.82, 2.24) is 0 Å². The first-order valence-corrected chi connectivity index (χ1v) is 7.45. The molecule has 6 heteroatoms. The first-order valence-electron chi connectivity index (χ1n) is 7.07. The first-order chi connectivity index (χ1) is 10.9. The number of hydrogen-bond acceptors (Lipinski definition) is 2. The Bertz CT molecular complexity index is 762. The van der Waals surface area contributed by atoms with Gasteiger partial charge in [-0.1, -0.05) is 24.6 Å². The highest BCUT2D eigenvalue weighted by atomic mass is 35.5. The summed E-state index contributed by atoms with van der Waals surface area (Å²) in [5, 5.41) is 5.64. The van der Waals surface area contributed by atoms with Gasteiger partial charge in [-0.2, -0.15) is 0 Å². The van der Waals surface area contributed by atoms with Gasteiger partial charge in [0, 0.05) is 17.7 Å². The smallest absolute Gasteiger partial charge is 0.256 e. The number of amides is 2. The van der Waals surface area contributed by atoms with Gasteiger partial charge in [-0.25, -0.2) is 4.39 Å². The van der Waals surface area contributed by atoms with E-state index in [0.717, 1.165) is 0 Å². The molecule has 0 aliphatic rings. The van der Waals surface area contributed by atoms with Crippen LogP contribution in [0, 0.1) is 12.7 Å². The number of aryl methyl sites for hydroxylation is 1. The lowest BCUT2D eigenvalue weighted by Crippen LogP contribution is -2.15. The number of carbonyl (C=O) groups is 2. The molecule has 0 bridgehead atoms. The third-order valence-electron chi connectivity index (χ3n) is 3.26. The van der Waals surface area contributed by atoms with Crippen molar-refractivity contribution < 1.29 is 14.0 Å². The lowest BCUT2D eigenvalue weighted by molar-refractivity contribution is -0.115. The number of hydrogen-bond donors (Lipinski definition) is 2. The third-order valence-corrected chi connectivity index (χ3v) is 3.59. The predicted molar refractivity (Wildman–Crippen MR) is 89.5 cm³/mol. The normalized spacial score (nSPS) is 10.3. The number of benzene rings is 2. The zero-order valence-electron chi connectivity index (χ0n) is 12.7. The third kappa shape index (κ3) is 4.29. The van der Waals surface area contributed by atoms with Crippen molar-refractivity contribution in [2.45, 2.75) is 20.3 Å². The SMILES string of the molecule is CCC(=O)Nc1ccc(Cl)c(NC(=O)c2cc(F)ccc2C)c1. The number of nitrogens with one attached hydrogen (secondary N) is 2. The van der Waals surface area contributed by atoms with Crippen LogP contribution in [0.25, 0.3) is 0 Å². The molecule has 0 saturated heterocycles. The minimum absolute atomic E-state index is 0.148. The minimum atomic E-state index is -0.490. The molecular formula is C17H16ClFN2O2. The zero-order valence-corrected chi connectivity index (χ0v) is 13.5. The molecule has 2 rings (SSSR count). The molecule has 2 N–H and O–H groups in total. The Labute approximate surface area is 138 Å². The van der Waals surface area contributed by atoms with E-state index in [2.05, 4.69) is 10.6 Å². The zero-order chi connectivity index (χ0) is 17.0. The van der Waals surface area contributed by atoms with Crippen LogP contribution < -0.4 is 10.6 Å². The van der Waals surface area contributed by atoms with Crippen LogP contribution in [0.1, 0.15) is 29.3 Å². The van der Waals surface area contributed by atoms with Gasteiger partial charge in [0.1, 0.15) is 5.82 Å². The van der Waals surface area contributed by atoms with Crippen molar-refractivity contribution in [1.29, 1.82) is 0 Å². The summed E-state index contributed by atoms with van der Waals surface area (Å²) in [6.07, 6.45) is 0.340. The number of halogens is 2. The Morgan fingerprint density at radius 3 is 2.57 bits per heavy atom. The Kier molecular flexibility index (Phi) is 5.34. The molecule has 0 spiro atoms. The van der Waals surface area contributed by atoms with Crippen LogP contribution in [0.5, 0.6) is 0 Å². The number of anilines is 2. The van der Waals surface area contributed by atoms with Crippen molar-refractivity contribution in [3.05, 3.63) is 58.4 Å². The number of rotatable bonds is 4. The fourth-order valence-corrected chi connectivity index (χ4v) is 2.14. The maximum Gasteiger partial charge on any atom is 0.256 e. The summed E-state index contributed by atoms with van der Waals surface area (Å²) in [5.74, 6) is -1.11. The maximum absolute atomic E-state index is 13.3. The molecule has 0 heterocycles. The van der Waals surface area contributed by atoms with Gasteiger partial charge in [0.15, 0.2) is 0 Å². The summed E-state index contributed by atoms with van der Waals surface area (Å²) in [5.41, 5.74) is 1.74. The summed E-state index contributed by atoms with van der Waals surface area (Å²) >= 11 is 6.07. The van der Waals surface area contributed by atoms with Crippen molar-refractivity contribution in [2.24, 2.45) is 0 Å². The van der Waals surface area contributed by atoms with Crippen LogP contribution in [0.4, 0.5) is 15.8 Å². The van der Waals surface area contributed by atoms with Crippen molar-refractivity contribution in [3.8, 4) is 0 Å². The maximum atomic E-state index is 13.3. The van der Waals surface area contributed by atoms with Crippen LogP contribution in [0.3, 0.4) is 0 Å². The van der Waals surface area contributed by atoms with Crippen LogP contribution in [0.15, 0.2) is 36.4 Å². The van der Waals surface area contributed by atoms with Crippen LogP contribution in [-0.4, -0.2) is 11.8 Å². The van der Waals surface area contributed by atoms with Gasteiger partial charge in [-0.05, 0) is 42.8 Å². The largest absolute Gasteiger partial charge is 0.326 e. The van der Waals surface area contributed by atoms with Gasteiger partial charge in [-0.3, -0.25) is 9.59 Å². The van der Waals surface area contributed by atoms with Gasteiger partial charge in [0.25, 0.3) is 5.91 Å². The predicted octanol–water partition coefficient (Wildman–Crippen LogP) is 4.39. The molecule has 0 aliphatic carbocycles. The average molecular weight is 335 g/mol. The lowest BCUT2D eigenvalue weighted by Gasteiger charge is -2.11. The standard InChI is InChI=1S/C17H16ClFN2O2/c1-3-16(22)20-12-6-7-14(18)15(9-12)21-17(23)13-8-11(19)5-4-10(13)2/h4-9H,3H2,1-2H3,(H,20,22)(H,21,23). The molecule has 0 aromatic heterocycles.